The lowest BCUT2D eigenvalue weighted by Gasteiger charge is -2.32. The van der Waals surface area contributed by atoms with Crippen molar-refractivity contribution in [2.75, 3.05) is 26.8 Å². The van der Waals surface area contributed by atoms with Crippen LogP contribution < -0.4 is 9.47 Å². The Morgan fingerprint density at radius 3 is 2.67 bits per heavy atom. The van der Waals surface area contributed by atoms with Gasteiger partial charge in [0.05, 0.1) is 11.7 Å². The maximum absolute atomic E-state index is 13.9. The van der Waals surface area contributed by atoms with E-state index in [1.165, 1.54) is 6.07 Å². The van der Waals surface area contributed by atoms with Gasteiger partial charge in [-0.05, 0) is 60.6 Å². The smallest absolute Gasteiger partial charge is 0.416 e. The number of halogens is 3. The van der Waals surface area contributed by atoms with Gasteiger partial charge in [-0.1, -0.05) is 6.07 Å². The molecule has 0 unspecified atom stereocenters. The molecule has 2 aliphatic heterocycles. The van der Waals surface area contributed by atoms with Crippen LogP contribution in [-0.2, 0) is 28.7 Å². The molecule has 192 valence electrons. The number of aliphatic carboxylic acids is 1. The summed E-state index contributed by atoms with van der Waals surface area (Å²) in [5, 5.41) is 9.02. The van der Waals surface area contributed by atoms with E-state index in [1.54, 1.807) is 31.4 Å². The highest BCUT2D eigenvalue weighted by Gasteiger charge is 2.38. The summed E-state index contributed by atoms with van der Waals surface area (Å²) in [5.41, 5.74) is 2.58. The highest BCUT2D eigenvalue weighted by Crippen LogP contribution is 2.44. The predicted molar refractivity (Wildman–Crippen MR) is 126 cm³/mol. The third-order valence-electron chi connectivity index (χ3n) is 7.28. The van der Waals surface area contributed by atoms with Crippen molar-refractivity contribution in [3.05, 3.63) is 64.2 Å². The topological polar surface area (TPSA) is 68.2 Å². The molecule has 0 saturated carbocycles. The fourth-order valence-corrected chi connectivity index (χ4v) is 5.46. The van der Waals surface area contributed by atoms with Crippen molar-refractivity contribution in [1.29, 1.82) is 0 Å². The van der Waals surface area contributed by atoms with Crippen LogP contribution in [0.1, 0.15) is 53.2 Å². The molecule has 2 aromatic rings. The van der Waals surface area contributed by atoms with Crippen molar-refractivity contribution in [3.63, 3.8) is 0 Å². The molecule has 36 heavy (non-hydrogen) atoms. The first-order valence-corrected chi connectivity index (χ1v) is 12.1. The fraction of sp³-hybridized carbons (Fsp3) is 0.444. The third kappa shape index (κ3) is 4.95. The van der Waals surface area contributed by atoms with Crippen LogP contribution >= 0.6 is 0 Å². The van der Waals surface area contributed by atoms with E-state index in [0.29, 0.717) is 54.1 Å². The van der Waals surface area contributed by atoms with E-state index in [0.717, 1.165) is 30.0 Å². The van der Waals surface area contributed by atoms with Gasteiger partial charge >= 0.3 is 12.1 Å². The maximum Gasteiger partial charge on any atom is 0.416 e. The third-order valence-corrected chi connectivity index (χ3v) is 7.28. The Hall–Kier alpha value is -3.04. The van der Waals surface area contributed by atoms with Gasteiger partial charge in [0, 0.05) is 50.0 Å². The number of alkyl halides is 3. The summed E-state index contributed by atoms with van der Waals surface area (Å²) < 4.78 is 59.1. The second kappa shape index (κ2) is 9.78. The number of methoxy groups -OCH3 is 1. The molecule has 1 aliphatic carbocycles. The highest BCUT2D eigenvalue weighted by atomic mass is 19.4. The quantitative estimate of drug-likeness (QED) is 0.544. The van der Waals surface area contributed by atoms with E-state index >= 15 is 0 Å². The van der Waals surface area contributed by atoms with Crippen LogP contribution in [0.5, 0.6) is 11.5 Å². The van der Waals surface area contributed by atoms with Crippen LogP contribution in [0.25, 0.3) is 5.57 Å². The van der Waals surface area contributed by atoms with Crippen molar-refractivity contribution < 1.29 is 37.3 Å². The summed E-state index contributed by atoms with van der Waals surface area (Å²) in [6.45, 7) is 1.83. The van der Waals surface area contributed by atoms with Crippen molar-refractivity contribution in [1.82, 2.24) is 4.90 Å². The molecule has 1 N–H and O–H groups in total. The lowest BCUT2D eigenvalue weighted by atomic mass is 9.95. The molecule has 0 aromatic heterocycles. The molecule has 0 bridgehead atoms. The van der Waals surface area contributed by atoms with E-state index in [9.17, 15) is 18.0 Å². The number of piperidine rings is 1. The van der Waals surface area contributed by atoms with Gasteiger partial charge in [-0.15, -0.1) is 0 Å². The number of ether oxygens (including phenoxy) is 3. The Labute approximate surface area is 207 Å². The lowest BCUT2D eigenvalue weighted by Crippen LogP contribution is -2.36. The Kier molecular flexibility index (Phi) is 6.70. The Balaban J connectivity index is 1.38. The molecule has 5 rings (SSSR count). The maximum atomic E-state index is 13.9. The number of carbonyl (C=O) groups is 1. The van der Waals surface area contributed by atoms with Gasteiger partial charge in [-0.3, -0.25) is 4.90 Å². The van der Waals surface area contributed by atoms with Gasteiger partial charge in [0.2, 0.25) is 0 Å². The SMILES string of the molecule is COC1CCN(Cc2c(C(F)(F)F)ccc3c2CC[C@H]3Oc2ccc3c(c2)OC/C3=C\C(=O)O)CC1. The minimum Gasteiger partial charge on any atom is -0.488 e. The van der Waals surface area contributed by atoms with Gasteiger partial charge in [-0.25, -0.2) is 4.79 Å². The molecule has 1 atom stereocenters. The predicted octanol–water partition coefficient (Wildman–Crippen LogP) is 5.24. The normalized spacial score (nSPS) is 21.3. The van der Waals surface area contributed by atoms with Crippen LogP contribution in [0.3, 0.4) is 0 Å². The fourth-order valence-electron chi connectivity index (χ4n) is 5.46. The molecular formula is C27H28F3NO5. The first kappa shape index (κ1) is 24.6. The first-order valence-electron chi connectivity index (χ1n) is 12.1. The summed E-state index contributed by atoms with van der Waals surface area (Å²) in [6.07, 6.45) is -0.796. The molecule has 1 saturated heterocycles. The summed E-state index contributed by atoms with van der Waals surface area (Å²) in [6, 6.07) is 7.94. The molecule has 0 radical (unpaired) electrons. The van der Waals surface area contributed by atoms with Crippen LogP contribution in [0.2, 0.25) is 0 Å². The summed E-state index contributed by atoms with van der Waals surface area (Å²) in [4.78, 5) is 13.1. The zero-order valence-electron chi connectivity index (χ0n) is 19.9. The number of carboxylic acids is 1. The Morgan fingerprint density at radius 2 is 1.97 bits per heavy atom. The molecule has 9 heteroatoms. The molecule has 1 fully saturated rings. The number of rotatable bonds is 6. The zero-order valence-corrected chi connectivity index (χ0v) is 19.9. The van der Waals surface area contributed by atoms with Crippen molar-refractivity contribution in [2.45, 2.75) is 50.6 Å². The summed E-state index contributed by atoms with van der Waals surface area (Å²) in [7, 11) is 1.67. The number of nitrogens with zero attached hydrogens (tertiary/aromatic N) is 1. The molecule has 2 heterocycles. The standard InChI is InChI=1S/C27H28F3NO5/c1-34-17-8-10-31(11-9-17)14-22-20-5-7-24(21(20)4-6-23(22)27(28,29)30)36-18-2-3-19-16(12-26(32)33)15-35-25(19)13-18/h2-4,6,12-13,17,24H,5,7-11,14-15H2,1H3,(H,32,33)/b16-12+/t24-/m1/s1. The second-order valence-corrected chi connectivity index (χ2v) is 9.47. The molecule has 6 nitrogen and oxygen atoms in total. The van der Waals surface area contributed by atoms with E-state index in [-0.39, 0.29) is 25.4 Å². The second-order valence-electron chi connectivity index (χ2n) is 9.47. The van der Waals surface area contributed by atoms with Crippen LogP contribution in [0, 0.1) is 0 Å². The minimum atomic E-state index is -4.42. The van der Waals surface area contributed by atoms with E-state index in [1.807, 2.05) is 0 Å². The number of hydrogen-bond donors (Lipinski definition) is 1. The van der Waals surface area contributed by atoms with Crippen molar-refractivity contribution in [3.8, 4) is 11.5 Å². The Bertz CT molecular complexity index is 1180. The highest BCUT2D eigenvalue weighted by molar-refractivity contribution is 5.92. The monoisotopic (exact) mass is 503 g/mol. The van der Waals surface area contributed by atoms with Gasteiger partial charge in [0.15, 0.2) is 0 Å². The summed E-state index contributed by atoms with van der Waals surface area (Å²) in [5.74, 6) is 0.0264. The number of hydrogen-bond acceptors (Lipinski definition) is 5. The van der Waals surface area contributed by atoms with E-state index in [2.05, 4.69) is 4.90 Å². The average molecular weight is 504 g/mol. The van der Waals surface area contributed by atoms with Crippen molar-refractivity contribution >= 4 is 11.5 Å². The average Bonchev–Trinajstić information content (AvgIpc) is 3.43. The zero-order chi connectivity index (χ0) is 25.4. The molecule has 3 aliphatic rings. The van der Waals surface area contributed by atoms with Gasteiger partial charge < -0.3 is 19.3 Å². The number of likely N-dealkylation sites (tertiary alicyclic amines) is 1. The van der Waals surface area contributed by atoms with Gasteiger partial charge in [0.25, 0.3) is 0 Å². The van der Waals surface area contributed by atoms with E-state index < -0.39 is 17.7 Å². The molecule has 0 spiro atoms. The van der Waals surface area contributed by atoms with Crippen LogP contribution in [0.15, 0.2) is 36.4 Å². The first-order chi connectivity index (χ1) is 17.2. The molecular weight excluding hydrogens is 475 g/mol. The van der Waals surface area contributed by atoms with Crippen LogP contribution in [-0.4, -0.2) is 48.9 Å². The lowest BCUT2D eigenvalue weighted by molar-refractivity contribution is -0.138. The minimum absolute atomic E-state index is 0.162. The number of benzene rings is 2. The molecule has 2 aromatic carbocycles. The number of fused-ring (bicyclic) bond motifs is 2. The van der Waals surface area contributed by atoms with Crippen molar-refractivity contribution in [2.24, 2.45) is 0 Å². The van der Waals surface area contributed by atoms with Crippen LogP contribution in [0.4, 0.5) is 13.2 Å². The summed E-state index contributed by atoms with van der Waals surface area (Å²) >= 11 is 0. The van der Waals surface area contributed by atoms with Gasteiger partial charge in [-0.2, -0.15) is 13.2 Å². The Morgan fingerprint density at radius 1 is 1.19 bits per heavy atom. The van der Waals surface area contributed by atoms with Gasteiger partial charge in [0.1, 0.15) is 24.2 Å². The molecule has 0 amide bonds. The van der Waals surface area contributed by atoms with E-state index in [4.69, 9.17) is 19.3 Å². The largest absolute Gasteiger partial charge is 0.488 e. The number of carboxylic acid groups (broad SMARTS) is 1.